The highest BCUT2D eigenvalue weighted by molar-refractivity contribution is 7.10. The summed E-state index contributed by atoms with van der Waals surface area (Å²) < 4.78 is 27.5. The molecule has 3 aromatic rings. The normalized spacial score (nSPS) is 18.2. The molecule has 1 atom stereocenters. The number of hydrogen-bond acceptors (Lipinski definition) is 4. The van der Waals surface area contributed by atoms with Crippen molar-refractivity contribution in [3.63, 3.8) is 0 Å². The van der Waals surface area contributed by atoms with Gasteiger partial charge in [-0.25, -0.2) is 8.78 Å². The number of carbonyl (C=O) groups is 2. The summed E-state index contributed by atoms with van der Waals surface area (Å²) in [4.78, 5) is 28.0. The number of rotatable bonds is 3. The van der Waals surface area contributed by atoms with Gasteiger partial charge in [-0.2, -0.15) is 0 Å². The highest BCUT2D eigenvalue weighted by atomic mass is 32.1. The van der Waals surface area contributed by atoms with Crippen LogP contribution in [0.2, 0.25) is 0 Å². The Labute approximate surface area is 194 Å². The topological polar surface area (TPSA) is 57.6 Å². The summed E-state index contributed by atoms with van der Waals surface area (Å²) in [5.74, 6) is -4.27. The highest BCUT2D eigenvalue weighted by Crippen LogP contribution is 2.44. The fourth-order valence-electron chi connectivity index (χ4n) is 3.94. The second-order valence-corrected chi connectivity index (χ2v) is 10.0. The number of Topliss-reactive ketones (excluding diaryl/α,β-unsaturated/α-hetero) is 1. The smallest absolute Gasteiger partial charge is 0.300 e. The molecule has 1 saturated heterocycles. The largest absolute Gasteiger partial charge is 0.507 e. The first-order chi connectivity index (χ1) is 15.5. The van der Waals surface area contributed by atoms with Crippen molar-refractivity contribution in [2.24, 2.45) is 0 Å². The molecular formula is C26H23F2NO3S. The zero-order chi connectivity index (χ0) is 24.1. The zero-order valence-electron chi connectivity index (χ0n) is 18.6. The van der Waals surface area contributed by atoms with Crippen molar-refractivity contribution in [2.45, 2.75) is 39.2 Å². The monoisotopic (exact) mass is 467 g/mol. The maximum atomic E-state index is 14.0. The molecule has 1 aliphatic rings. The molecule has 170 valence electrons. The first-order valence-corrected chi connectivity index (χ1v) is 11.3. The average molecular weight is 468 g/mol. The van der Waals surface area contributed by atoms with Gasteiger partial charge in [-0.1, -0.05) is 39.0 Å². The molecule has 1 amide bonds. The van der Waals surface area contributed by atoms with E-state index in [0.29, 0.717) is 10.4 Å². The summed E-state index contributed by atoms with van der Waals surface area (Å²) in [6.45, 7) is 7.92. The molecule has 7 heteroatoms. The lowest BCUT2D eigenvalue weighted by molar-refractivity contribution is -0.132. The Bertz CT molecular complexity index is 1290. The second kappa shape index (κ2) is 8.23. The minimum absolute atomic E-state index is 0.0358. The van der Waals surface area contributed by atoms with Crippen molar-refractivity contribution in [1.82, 2.24) is 0 Å². The Kier molecular flexibility index (Phi) is 5.70. The fraction of sp³-hybridized carbons (Fsp3) is 0.231. The van der Waals surface area contributed by atoms with Crippen molar-refractivity contribution in [2.75, 3.05) is 4.90 Å². The summed E-state index contributed by atoms with van der Waals surface area (Å²) in [5.41, 5.74) is 1.90. The van der Waals surface area contributed by atoms with Crippen LogP contribution in [0.15, 0.2) is 59.5 Å². The lowest BCUT2D eigenvalue weighted by atomic mass is 9.84. The number of nitrogens with zero attached hydrogens (tertiary/aromatic N) is 1. The molecule has 1 unspecified atom stereocenters. The van der Waals surface area contributed by atoms with E-state index in [2.05, 4.69) is 0 Å². The number of halogens is 2. The molecule has 33 heavy (non-hydrogen) atoms. The first-order valence-electron chi connectivity index (χ1n) is 10.4. The predicted octanol–water partition coefficient (Wildman–Crippen LogP) is 6.26. The number of aryl methyl sites for hydroxylation is 1. The molecule has 0 radical (unpaired) electrons. The first kappa shape index (κ1) is 22.9. The molecule has 4 rings (SSSR count). The Morgan fingerprint density at radius 1 is 1.03 bits per heavy atom. The van der Waals surface area contributed by atoms with Crippen LogP contribution >= 0.6 is 11.3 Å². The van der Waals surface area contributed by atoms with E-state index in [1.165, 1.54) is 17.4 Å². The molecule has 1 fully saturated rings. The lowest BCUT2D eigenvalue weighted by Crippen LogP contribution is -2.29. The number of ketones is 1. The highest BCUT2D eigenvalue weighted by Gasteiger charge is 2.47. The van der Waals surface area contributed by atoms with Crippen LogP contribution in [0, 0.1) is 18.6 Å². The van der Waals surface area contributed by atoms with Gasteiger partial charge in [-0.05, 0) is 53.1 Å². The maximum absolute atomic E-state index is 14.0. The number of benzene rings is 2. The number of anilines is 1. The van der Waals surface area contributed by atoms with Gasteiger partial charge < -0.3 is 5.11 Å². The fourth-order valence-corrected chi connectivity index (χ4v) is 4.76. The molecular weight excluding hydrogens is 444 g/mol. The second-order valence-electron chi connectivity index (χ2n) is 9.06. The summed E-state index contributed by atoms with van der Waals surface area (Å²) >= 11 is 1.30. The lowest BCUT2D eigenvalue weighted by Gasteiger charge is -2.25. The summed E-state index contributed by atoms with van der Waals surface area (Å²) in [7, 11) is 0. The van der Waals surface area contributed by atoms with E-state index in [0.717, 1.165) is 28.2 Å². The number of aliphatic hydroxyl groups is 1. The Morgan fingerprint density at radius 2 is 1.76 bits per heavy atom. The van der Waals surface area contributed by atoms with Gasteiger partial charge in [0, 0.05) is 22.2 Å². The Balaban J connectivity index is 1.96. The van der Waals surface area contributed by atoms with Crippen molar-refractivity contribution >= 4 is 34.5 Å². The van der Waals surface area contributed by atoms with Gasteiger partial charge in [0.2, 0.25) is 0 Å². The molecule has 0 spiro atoms. The van der Waals surface area contributed by atoms with Gasteiger partial charge in [0.05, 0.1) is 5.57 Å². The minimum atomic E-state index is -1.13. The van der Waals surface area contributed by atoms with E-state index in [-0.39, 0.29) is 22.4 Å². The average Bonchev–Trinajstić information content (AvgIpc) is 3.36. The predicted molar refractivity (Wildman–Crippen MR) is 125 cm³/mol. The van der Waals surface area contributed by atoms with E-state index in [1.807, 2.05) is 45.9 Å². The molecule has 1 aromatic heterocycles. The number of aliphatic hydroxyl groups excluding tert-OH is 1. The van der Waals surface area contributed by atoms with E-state index in [1.54, 1.807) is 17.5 Å². The molecule has 1 aliphatic heterocycles. The van der Waals surface area contributed by atoms with Crippen LogP contribution in [0.3, 0.4) is 0 Å². The molecule has 1 N–H and O–H groups in total. The third-order valence-corrected chi connectivity index (χ3v) is 6.72. The molecule has 0 saturated carbocycles. The van der Waals surface area contributed by atoms with Crippen molar-refractivity contribution in [1.29, 1.82) is 0 Å². The number of amides is 1. The van der Waals surface area contributed by atoms with Gasteiger partial charge in [0.1, 0.15) is 11.8 Å². The van der Waals surface area contributed by atoms with Gasteiger partial charge >= 0.3 is 0 Å². The zero-order valence-corrected chi connectivity index (χ0v) is 19.5. The molecule has 0 bridgehead atoms. The van der Waals surface area contributed by atoms with Crippen LogP contribution in [-0.4, -0.2) is 16.8 Å². The van der Waals surface area contributed by atoms with Crippen LogP contribution in [0.4, 0.5) is 14.5 Å². The number of carbonyl (C=O) groups excluding carboxylic acids is 2. The summed E-state index contributed by atoms with van der Waals surface area (Å²) in [6.07, 6.45) is 0. The summed E-state index contributed by atoms with van der Waals surface area (Å²) in [5, 5.41) is 13.1. The third kappa shape index (κ3) is 3.97. The minimum Gasteiger partial charge on any atom is -0.507 e. The van der Waals surface area contributed by atoms with Crippen molar-refractivity contribution < 1.29 is 23.5 Å². The van der Waals surface area contributed by atoms with E-state index < -0.39 is 29.4 Å². The van der Waals surface area contributed by atoms with Crippen LogP contribution in [0.25, 0.3) is 5.76 Å². The van der Waals surface area contributed by atoms with E-state index in [9.17, 15) is 23.5 Å². The summed E-state index contributed by atoms with van der Waals surface area (Å²) in [6, 6.07) is 11.2. The third-order valence-electron chi connectivity index (χ3n) is 5.80. The number of thiophene rings is 1. The molecule has 0 aliphatic carbocycles. The molecule has 2 aromatic carbocycles. The Hall–Kier alpha value is -3.32. The standard InChI is InChI=1S/C26H23F2NO3S/c1-14-7-8-15(26(2,3)4)12-17(14)23(30)21-22(20-6-5-11-33-20)29(25(32)24(21)31)16-9-10-18(27)19(28)13-16/h5-13,22,30H,1-4H3/b23-21+. The van der Waals surface area contributed by atoms with Crippen LogP contribution in [0.5, 0.6) is 0 Å². The molecule has 4 nitrogen and oxygen atoms in total. The van der Waals surface area contributed by atoms with Crippen LogP contribution < -0.4 is 4.90 Å². The van der Waals surface area contributed by atoms with E-state index >= 15 is 0 Å². The maximum Gasteiger partial charge on any atom is 0.300 e. The van der Waals surface area contributed by atoms with E-state index in [4.69, 9.17) is 0 Å². The number of hydrogen-bond donors (Lipinski definition) is 1. The van der Waals surface area contributed by atoms with Gasteiger partial charge in [-0.3, -0.25) is 14.5 Å². The van der Waals surface area contributed by atoms with Crippen LogP contribution in [0.1, 0.15) is 48.4 Å². The quantitative estimate of drug-likeness (QED) is 0.281. The van der Waals surface area contributed by atoms with Crippen molar-refractivity contribution in [3.8, 4) is 0 Å². The van der Waals surface area contributed by atoms with Gasteiger partial charge in [0.15, 0.2) is 11.6 Å². The van der Waals surface area contributed by atoms with Gasteiger partial charge in [-0.15, -0.1) is 11.3 Å². The van der Waals surface area contributed by atoms with Crippen molar-refractivity contribution in [3.05, 3.63) is 92.7 Å². The molecule has 2 heterocycles. The SMILES string of the molecule is Cc1ccc(C(C)(C)C)cc1/C(O)=C1\C(=O)C(=O)N(c2ccc(F)c(F)c2)C1c1cccs1. The van der Waals surface area contributed by atoms with Crippen LogP contribution in [-0.2, 0) is 15.0 Å². The van der Waals surface area contributed by atoms with Gasteiger partial charge in [0.25, 0.3) is 11.7 Å². The Morgan fingerprint density at radius 3 is 2.36 bits per heavy atom.